The van der Waals surface area contributed by atoms with Gasteiger partial charge in [0, 0.05) is 11.3 Å². The van der Waals surface area contributed by atoms with Crippen molar-refractivity contribution in [3.8, 4) is 17.2 Å². The summed E-state index contributed by atoms with van der Waals surface area (Å²) in [5.41, 5.74) is 5.58. The summed E-state index contributed by atoms with van der Waals surface area (Å²) in [5.74, 6) is -1.78. The predicted octanol–water partition coefficient (Wildman–Crippen LogP) is 3.11. The number of nitrogens with one attached hydrogen (secondary N) is 2. The van der Waals surface area contributed by atoms with Crippen LogP contribution in [-0.4, -0.2) is 38.5 Å². The number of amides is 3. The van der Waals surface area contributed by atoms with E-state index in [9.17, 15) is 18.8 Å². The van der Waals surface area contributed by atoms with E-state index in [1.807, 2.05) is 0 Å². The van der Waals surface area contributed by atoms with Crippen LogP contribution < -0.4 is 30.6 Å². The third-order valence-electron chi connectivity index (χ3n) is 4.66. The van der Waals surface area contributed by atoms with Crippen molar-refractivity contribution in [3.05, 3.63) is 65.4 Å². The maximum Gasteiger partial charge on any atom is 0.259 e. The largest absolute Gasteiger partial charge is 0.493 e. The van der Waals surface area contributed by atoms with Gasteiger partial charge in [0.1, 0.15) is 11.6 Å². The van der Waals surface area contributed by atoms with Gasteiger partial charge in [-0.1, -0.05) is 0 Å². The van der Waals surface area contributed by atoms with Gasteiger partial charge in [0.15, 0.2) is 18.1 Å². The molecule has 34 heavy (non-hydrogen) atoms. The zero-order valence-electron chi connectivity index (χ0n) is 18.6. The first-order valence-electron chi connectivity index (χ1n) is 9.87. The molecular formula is C23H22FN3O7. The maximum atomic E-state index is 14.3. The highest BCUT2D eigenvalue weighted by atomic mass is 19.1. The van der Waals surface area contributed by atoms with E-state index in [0.717, 1.165) is 6.07 Å². The van der Waals surface area contributed by atoms with Gasteiger partial charge in [-0.05, 0) is 43.3 Å². The second kappa shape index (κ2) is 10.4. The topological polar surface area (TPSA) is 142 Å². The molecule has 2 aromatic carbocycles. The van der Waals surface area contributed by atoms with Crippen LogP contribution in [0.25, 0.3) is 0 Å². The molecule has 10 nitrogen and oxygen atoms in total. The molecule has 1 aromatic heterocycles. The molecule has 11 heteroatoms. The van der Waals surface area contributed by atoms with Gasteiger partial charge < -0.3 is 35.0 Å². The zero-order valence-corrected chi connectivity index (χ0v) is 18.6. The molecular weight excluding hydrogens is 449 g/mol. The smallest absolute Gasteiger partial charge is 0.259 e. The Morgan fingerprint density at radius 3 is 2.24 bits per heavy atom. The average molecular weight is 471 g/mol. The molecule has 0 spiro atoms. The number of anilines is 2. The monoisotopic (exact) mass is 471 g/mol. The van der Waals surface area contributed by atoms with E-state index < -0.39 is 30.1 Å². The summed E-state index contributed by atoms with van der Waals surface area (Å²) >= 11 is 0. The number of rotatable bonds is 9. The molecule has 0 aliphatic rings. The number of carbonyl (C=O) groups is 3. The first-order valence-corrected chi connectivity index (χ1v) is 9.87. The van der Waals surface area contributed by atoms with Gasteiger partial charge in [-0.25, -0.2) is 4.39 Å². The van der Waals surface area contributed by atoms with Crippen molar-refractivity contribution in [2.24, 2.45) is 5.73 Å². The molecule has 3 amide bonds. The third kappa shape index (κ3) is 5.44. The Morgan fingerprint density at radius 2 is 1.68 bits per heavy atom. The number of primary amides is 1. The van der Waals surface area contributed by atoms with Gasteiger partial charge in [0.2, 0.25) is 5.75 Å². The number of ether oxygens (including phenoxy) is 3. The number of hydrogen-bond donors (Lipinski definition) is 3. The number of methoxy groups -OCH3 is 2. The van der Waals surface area contributed by atoms with Crippen molar-refractivity contribution < 1.29 is 37.4 Å². The number of benzene rings is 2. The Hall–Kier alpha value is -4.54. The van der Waals surface area contributed by atoms with E-state index in [2.05, 4.69) is 10.6 Å². The first kappa shape index (κ1) is 24.1. The molecule has 0 fully saturated rings. The summed E-state index contributed by atoms with van der Waals surface area (Å²) in [5, 5.41) is 5.07. The normalized spacial score (nSPS) is 10.4. The number of aryl methyl sites for hydroxylation is 1. The minimum atomic E-state index is -0.701. The summed E-state index contributed by atoms with van der Waals surface area (Å²) in [6.45, 7) is 1.19. The quantitative estimate of drug-likeness (QED) is 0.435. The zero-order chi connectivity index (χ0) is 24.8. The molecule has 0 aliphatic heterocycles. The first-order chi connectivity index (χ1) is 16.2. The fourth-order valence-electron chi connectivity index (χ4n) is 3.01. The van der Waals surface area contributed by atoms with Crippen LogP contribution in [0, 0.1) is 12.7 Å². The van der Waals surface area contributed by atoms with Gasteiger partial charge >= 0.3 is 0 Å². The molecule has 3 aromatic rings. The molecule has 4 N–H and O–H groups in total. The van der Waals surface area contributed by atoms with E-state index in [0.29, 0.717) is 5.76 Å². The Morgan fingerprint density at radius 1 is 1.00 bits per heavy atom. The number of carbonyl (C=O) groups excluding carboxylic acids is 3. The molecule has 3 rings (SSSR count). The lowest BCUT2D eigenvalue weighted by Crippen LogP contribution is -2.20. The molecule has 1 heterocycles. The lowest BCUT2D eigenvalue weighted by Gasteiger charge is -2.15. The third-order valence-corrected chi connectivity index (χ3v) is 4.66. The van der Waals surface area contributed by atoms with Gasteiger partial charge in [-0.3, -0.25) is 14.4 Å². The number of furan rings is 1. The number of halogens is 1. The highest BCUT2D eigenvalue weighted by Crippen LogP contribution is 2.38. The van der Waals surface area contributed by atoms with E-state index in [1.165, 1.54) is 50.8 Å². The summed E-state index contributed by atoms with van der Waals surface area (Å²) in [6.07, 6.45) is 1.35. The highest BCUT2D eigenvalue weighted by Gasteiger charge is 2.19. The van der Waals surface area contributed by atoms with Gasteiger partial charge in [0.05, 0.1) is 31.7 Å². The molecule has 0 unspecified atom stereocenters. The van der Waals surface area contributed by atoms with Crippen LogP contribution in [0.4, 0.5) is 15.8 Å². The van der Waals surface area contributed by atoms with E-state index in [4.69, 9.17) is 24.4 Å². The second-order valence-electron chi connectivity index (χ2n) is 6.96. The average Bonchev–Trinajstić information content (AvgIpc) is 3.25. The Balaban J connectivity index is 1.82. The summed E-state index contributed by atoms with van der Waals surface area (Å²) < 4.78 is 35.2. The molecule has 0 atom stereocenters. The van der Waals surface area contributed by atoms with Crippen LogP contribution in [0.3, 0.4) is 0 Å². The van der Waals surface area contributed by atoms with Crippen molar-refractivity contribution in [1.82, 2.24) is 0 Å². The van der Waals surface area contributed by atoms with Crippen LogP contribution in [-0.2, 0) is 4.79 Å². The second-order valence-corrected chi connectivity index (χ2v) is 6.96. The lowest BCUT2D eigenvalue weighted by molar-refractivity contribution is -0.120. The standard InChI is InChI=1S/C23H22FN3O7/c1-12-15(6-7-33-12)23(30)27-17-10-14(4-5-16(17)24)26-22(29)13-8-18(31-2)21(19(9-13)32-3)34-11-20(25)28/h4-10H,11H2,1-3H3,(H2,25,28)(H,26,29)(H,27,30). The van der Waals surface area contributed by atoms with Crippen molar-refractivity contribution >= 4 is 29.1 Å². The minimum Gasteiger partial charge on any atom is -0.493 e. The summed E-state index contributed by atoms with van der Waals surface area (Å²) in [6, 6.07) is 7.94. The van der Waals surface area contributed by atoms with Crippen LogP contribution in [0.15, 0.2) is 47.1 Å². The number of nitrogens with two attached hydrogens (primary N) is 1. The van der Waals surface area contributed by atoms with E-state index in [1.54, 1.807) is 6.92 Å². The molecule has 0 saturated heterocycles. The van der Waals surface area contributed by atoms with Crippen LogP contribution >= 0.6 is 0 Å². The SMILES string of the molecule is COc1cc(C(=O)Nc2ccc(F)c(NC(=O)c3ccoc3C)c2)cc(OC)c1OCC(N)=O. The van der Waals surface area contributed by atoms with E-state index in [-0.39, 0.29) is 39.8 Å². The molecule has 178 valence electrons. The molecule has 0 saturated carbocycles. The molecule has 0 radical (unpaired) electrons. The van der Waals surface area contributed by atoms with E-state index >= 15 is 0 Å². The van der Waals surface area contributed by atoms with Crippen molar-refractivity contribution in [3.63, 3.8) is 0 Å². The molecule has 0 aliphatic carbocycles. The van der Waals surface area contributed by atoms with Crippen LogP contribution in [0.1, 0.15) is 26.5 Å². The van der Waals surface area contributed by atoms with Crippen LogP contribution in [0.2, 0.25) is 0 Å². The van der Waals surface area contributed by atoms with Crippen molar-refractivity contribution in [1.29, 1.82) is 0 Å². The Labute approximate surface area is 193 Å². The highest BCUT2D eigenvalue weighted by molar-refractivity contribution is 6.07. The Bertz CT molecular complexity index is 1210. The fourth-order valence-corrected chi connectivity index (χ4v) is 3.01. The van der Waals surface area contributed by atoms with Crippen LogP contribution in [0.5, 0.6) is 17.2 Å². The minimum absolute atomic E-state index is 0.0988. The summed E-state index contributed by atoms with van der Waals surface area (Å²) in [4.78, 5) is 36.3. The molecule has 0 bridgehead atoms. The number of hydrogen-bond acceptors (Lipinski definition) is 7. The van der Waals surface area contributed by atoms with Crippen molar-refractivity contribution in [2.45, 2.75) is 6.92 Å². The van der Waals surface area contributed by atoms with Gasteiger partial charge in [0.25, 0.3) is 17.7 Å². The maximum absolute atomic E-state index is 14.3. The summed E-state index contributed by atoms with van der Waals surface area (Å²) in [7, 11) is 2.70. The Kier molecular flexibility index (Phi) is 7.36. The van der Waals surface area contributed by atoms with Crippen molar-refractivity contribution in [2.75, 3.05) is 31.5 Å². The fraction of sp³-hybridized carbons (Fsp3) is 0.174. The lowest BCUT2D eigenvalue weighted by atomic mass is 10.1. The predicted molar refractivity (Wildman–Crippen MR) is 120 cm³/mol. The van der Waals surface area contributed by atoms with Gasteiger partial charge in [-0.2, -0.15) is 0 Å². The van der Waals surface area contributed by atoms with Gasteiger partial charge in [-0.15, -0.1) is 0 Å².